The Balaban J connectivity index is 1.81. The van der Waals surface area contributed by atoms with E-state index >= 15 is 0 Å². The SMILES string of the molecule is COc1ccc(Nc2cc(-c3ccccc3)nn2-c2ccccc2)c(C(=O)O)c1. The lowest BCUT2D eigenvalue weighted by Crippen LogP contribution is -2.07. The second kappa shape index (κ2) is 7.90. The first-order chi connectivity index (χ1) is 14.2. The van der Waals surface area contributed by atoms with Crippen LogP contribution in [0.2, 0.25) is 0 Å². The first-order valence-corrected chi connectivity index (χ1v) is 9.05. The Morgan fingerprint density at radius 2 is 1.66 bits per heavy atom. The standard InChI is InChI=1S/C23H19N3O3/c1-29-18-12-13-20(19(14-18)23(27)28)24-22-15-21(16-8-4-2-5-9-16)25-26(22)17-10-6-3-7-11-17/h2-15,24H,1H3,(H,27,28). The van der Waals surface area contributed by atoms with Gasteiger partial charge in [-0.05, 0) is 30.3 Å². The molecule has 1 aromatic heterocycles. The Hall–Kier alpha value is -4.06. The van der Waals surface area contributed by atoms with Crippen LogP contribution in [0.4, 0.5) is 11.5 Å². The summed E-state index contributed by atoms with van der Waals surface area (Å²) in [6, 6.07) is 26.3. The highest BCUT2D eigenvalue weighted by Gasteiger charge is 2.16. The molecule has 3 aromatic carbocycles. The maximum atomic E-state index is 11.7. The Bertz CT molecular complexity index is 1140. The highest BCUT2D eigenvalue weighted by atomic mass is 16.5. The lowest BCUT2D eigenvalue weighted by Gasteiger charge is -2.12. The van der Waals surface area contributed by atoms with Crippen molar-refractivity contribution in [2.24, 2.45) is 0 Å². The average Bonchev–Trinajstić information content (AvgIpc) is 3.19. The quantitative estimate of drug-likeness (QED) is 0.489. The number of nitrogens with one attached hydrogen (secondary N) is 1. The van der Waals surface area contributed by atoms with Crippen LogP contribution in [0.5, 0.6) is 5.75 Å². The number of benzene rings is 3. The molecule has 4 aromatic rings. The Morgan fingerprint density at radius 1 is 0.966 bits per heavy atom. The Labute approximate surface area is 168 Å². The summed E-state index contributed by atoms with van der Waals surface area (Å²) < 4.78 is 6.92. The first-order valence-electron chi connectivity index (χ1n) is 9.05. The minimum atomic E-state index is -1.04. The lowest BCUT2D eigenvalue weighted by atomic mass is 10.1. The van der Waals surface area contributed by atoms with E-state index in [0.717, 1.165) is 16.9 Å². The molecule has 0 aliphatic rings. The molecule has 0 atom stereocenters. The maximum absolute atomic E-state index is 11.7. The number of methoxy groups -OCH3 is 1. The molecule has 1 heterocycles. The van der Waals surface area contributed by atoms with Crippen LogP contribution in [-0.4, -0.2) is 28.0 Å². The topological polar surface area (TPSA) is 76.4 Å². The largest absolute Gasteiger partial charge is 0.497 e. The molecule has 29 heavy (non-hydrogen) atoms. The van der Waals surface area contributed by atoms with Crippen LogP contribution in [0, 0.1) is 0 Å². The van der Waals surface area contributed by atoms with Crippen LogP contribution < -0.4 is 10.1 Å². The van der Waals surface area contributed by atoms with E-state index < -0.39 is 5.97 Å². The van der Waals surface area contributed by atoms with Gasteiger partial charge in [0, 0.05) is 11.6 Å². The van der Waals surface area contributed by atoms with Gasteiger partial charge in [0.2, 0.25) is 0 Å². The number of hydrogen-bond acceptors (Lipinski definition) is 4. The normalized spacial score (nSPS) is 10.5. The van der Waals surface area contributed by atoms with Crippen LogP contribution in [-0.2, 0) is 0 Å². The van der Waals surface area contributed by atoms with E-state index in [1.165, 1.54) is 13.2 Å². The Kier molecular flexibility index (Phi) is 4.99. The number of ether oxygens (including phenoxy) is 1. The van der Waals surface area contributed by atoms with Gasteiger partial charge in [0.15, 0.2) is 0 Å². The van der Waals surface area contributed by atoms with Gasteiger partial charge in [0.25, 0.3) is 0 Å². The molecule has 0 aliphatic carbocycles. The molecule has 6 heteroatoms. The summed E-state index contributed by atoms with van der Waals surface area (Å²) in [4.78, 5) is 11.7. The summed E-state index contributed by atoms with van der Waals surface area (Å²) in [6.07, 6.45) is 0. The highest BCUT2D eigenvalue weighted by molar-refractivity contribution is 5.95. The van der Waals surface area contributed by atoms with Crippen molar-refractivity contribution in [3.63, 3.8) is 0 Å². The number of anilines is 2. The number of hydrogen-bond donors (Lipinski definition) is 2. The molecule has 144 valence electrons. The monoisotopic (exact) mass is 385 g/mol. The fourth-order valence-electron chi connectivity index (χ4n) is 3.06. The molecule has 0 amide bonds. The summed E-state index contributed by atoms with van der Waals surface area (Å²) >= 11 is 0. The van der Waals surface area contributed by atoms with E-state index in [4.69, 9.17) is 9.84 Å². The summed E-state index contributed by atoms with van der Waals surface area (Å²) in [7, 11) is 1.50. The minimum Gasteiger partial charge on any atom is -0.497 e. The minimum absolute atomic E-state index is 0.117. The molecular weight excluding hydrogens is 366 g/mol. The number of carboxylic acids is 1. The first kappa shape index (κ1) is 18.3. The number of aromatic nitrogens is 2. The molecule has 0 saturated carbocycles. The van der Waals surface area contributed by atoms with Crippen molar-refractivity contribution in [2.75, 3.05) is 12.4 Å². The predicted octanol–water partition coefficient (Wildman–Crippen LogP) is 4.99. The smallest absolute Gasteiger partial charge is 0.337 e. The molecule has 0 spiro atoms. The zero-order chi connectivity index (χ0) is 20.2. The third-order valence-electron chi connectivity index (χ3n) is 4.50. The lowest BCUT2D eigenvalue weighted by molar-refractivity contribution is 0.0697. The molecule has 0 radical (unpaired) electrons. The zero-order valence-corrected chi connectivity index (χ0v) is 15.7. The van der Waals surface area contributed by atoms with Crippen LogP contribution in [0.1, 0.15) is 10.4 Å². The summed E-state index contributed by atoms with van der Waals surface area (Å²) in [5, 5.41) is 17.6. The average molecular weight is 385 g/mol. The predicted molar refractivity (Wildman–Crippen MR) is 112 cm³/mol. The Morgan fingerprint density at radius 3 is 2.31 bits per heavy atom. The van der Waals surface area contributed by atoms with Gasteiger partial charge in [0.1, 0.15) is 11.6 Å². The van der Waals surface area contributed by atoms with E-state index in [2.05, 4.69) is 5.32 Å². The molecule has 0 unspecified atom stereocenters. The van der Waals surface area contributed by atoms with Crippen LogP contribution in [0.15, 0.2) is 84.9 Å². The summed E-state index contributed by atoms with van der Waals surface area (Å²) in [6.45, 7) is 0. The fourth-order valence-corrected chi connectivity index (χ4v) is 3.06. The molecule has 6 nitrogen and oxygen atoms in total. The maximum Gasteiger partial charge on any atom is 0.337 e. The molecule has 0 fully saturated rings. The van der Waals surface area contributed by atoms with Crippen molar-refractivity contribution in [3.05, 3.63) is 90.5 Å². The van der Waals surface area contributed by atoms with Gasteiger partial charge in [-0.2, -0.15) is 5.10 Å². The van der Waals surface area contributed by atoms with Gasteiger partial charge in [-0.1, -0.05) is 48.5 Å². The molecule has 0 saturated heterocycles. The molecule has 0 aliphatic heterocycles. The van der Waals surface area contributed by atoms with Gasteiger partial charge in [-0.3, -0.25) is 0 Å². The summed E-state index contributed by atoms with van der Waals surface area (Å²) in [5.74, 6) is 0.0951. The van der Waals surface area contributed by atoms with Crippen molar-refractivity contribution < 1.29 is 14.6 Å². The van der Waals surface area contributed by atoms with E-state index in [-0.39, 0.29) is 5.56 Å². The van der Waals surface area contributed by atoms with E-state index in [1.54, 1.807) is 16.8 Å². The highest BCUT2D eigenvalue weighted by Crippen LogP contribution is 2.30. The number of carbonyl (C=O) groups is 1. The number of nitrogens with zero attached hydrogens (tertiary/aromatic N) is 2. The van der Waals surface area contributed by atoms with Crippen molar-refractivity contribution in [1.29, 1.82) is 0 Å². The molecule has 4 rings (SSSR count). The van der Waals surface area contributed by atoms with Crippen molar-refractivity contribution in [1.82, 2.24) is 9.78 Å². The van der Waals surface area contributed by atoms with Gasteiger partial charge in [-0.15, -0.1) is 0 Å². The van der Waals surface area contributed by atoms with Gasteiger partial charge < -0.3 is 15.2 Å². The van der Waals surface area contributed by atoms with E-state index in [9.17, 15) is 9.90 Å². The van der Waals surface area contributed by atoms with E-state index in [0.29, 0.717) is 17.3 Å². The van der Waals surface area contributed by atoms with Crippen LogP contribution in [0.3, 0.4) is 0 Å². The fraction of sp³-hybridized carbons (Fsp3) is 0.0435. The van der Waals surface area contributed by atoms with Crippen LogP contribution in [0.25, 0.3) is 16.9 Å². The second-order valence-electron chi connectivity index (χ2n) is 6.37. The van der Waals surface area contributed by atoms with Crippen LogP contribution >= 0.6 is 0 Å². The van der Waals surface area contributed by atoms with Gasteiger partial charge in [0.05, 0.1) is 29.7 Å². The molecule has 2 N–H and O–H groups in total. The third-order valence-corrected chi connectivity index (χ3v) is 4.50. The van der Waals surface area contributed by atoms with Gasteiger partial charge in [-0.25, -0.2) is 9.48 Å². The number of rotatable bonds is 6. The third kappa shape index (κ3) is 3.82. The van der Waals surface area contributed by atoms with Gasteiger partial charge >= 0.3 is 5.97 Å². The zero-order valence-electron chi connectivity index (χ0n) is 15.7. The number of carboxylic acid groups (broad SMARTS) is 1. The molecular formula is C23H19N3O3. The second-order valence-corrected chi connectivity index (χ2v) is 6.37. The van der Waals surface area contributed by atoms with Crippen molar-refractivity contribution >= 4 is 17.5 Å². The number of aromatic carboxylic acids is 1. The summed E-state index contributed by atoms with van der Waals surface area (Å²) in [5.41, 5.74) is 3.18. The van der Waals surface area contributed by atoms with Crippen molar-refractivity contribution in [2.45, 2.75) is 0 Å². The number of para-hydroxylation sites is 1. The van der Waals surface area contributed by atoms with Crippen molar-refractivity contribution in [3.8, 4) is 22.7 Å². The van der Waals surface area contributed by atoms with E-state index in [1.807, 2.05) is 66.7 Å². The molecule has 0 bridgehead atoms.